The van der Waals surface area contributed by atoms with E-state index in [0.717, 1.165) is 5.35 Å². The summed E-state index contributed by atoms with van der Waals surface area (Å²) in [6.45, 7) is 6.09. The fraction of sp³-hybridized carbons (Fsp3) is 0.300. The van der Waals surface area contributed by atoms with E-state index >= 15 is 0 Å². The first kappa shape index (κ1) is 7.99. The van der Waals surface area contributed by atoms with E-state index in [1.165, 1.54) is 10.8 Å². The van der Waals surface area contributed by atoms with Crippen molar-refractivity contribution >= 4 is 12.2 Å². The quantitative estimate of drug-likeness (QED) is 0.533. The van der Waals surface area contributed by atoms with Crippen LogP contribution in [0.5, 0.6) is 0 Å². The Bertz CT molecular complexity index is 350. The zero-order valence-electron chi connectivity index (χ0n) is 7.26. The van der Waals surface area contributed by atoms with Gasteiger partial charge in [-0.3, -0.25) is 4.98 Å². The van der Waals surface area contributed by atoms with Crippen molar-refractivity contribution in [1.29, 1.82) is 0 Å². The largest absolute Gasteiger partial charge is 0.256 e. The van der Waals surface area contributed by atoms with E-state index in [4.69, 9.17) is 0 Å². The number of rotatable bonds is 0. The van der Waals surface area contributed by atoms with Gasteiger partial charge in [-0.15, -0.1) is 0 Å². The van der Waals surface area contributed by atoms with Crippen molar-refractivity contribution in [1.82, 2.24) is 4.98 Å². The minimum Gasteiger partial charge on any atom is -0.256 e. The molecule has 0 unspecified atom stereocenters. The lowest BCUT2D eigenvalue weighted by Gasteiger charge is -1.91. The summed E-state index contributed by atoms with van der Waals surface area (Å²) in [5.41, 5.74) is 1.21. The second-order valence-electron chi connectivity index (χ2n) is 2.56. The first-order valence-electron chi connectivity index (χ1n) is 3.83. The van der Waals surface area contributed by atoms with Gasteiger partial charge in [-0.2, -0.15) is 0 Å². The Balaban J connectivity index is 3.55. The van der Waals surface area contributed by atoms with Crippen LogP contribution in [-0.2, 0) is 0 Å². The van der Waals surface area contributed by atoms with E-state index in [1.807, 2.05) is 26.1 Å². The van der Waals surface area contributed by atoms with E-state index in [2.05, 4.69) is 24.1 Å². The number of hydrogen-bond donors (Lipinski definition) is 0. The lowest BCUT2D eigenvalue weighted by molar-refractivity contribution is 1.18. The summed E-state index contributed by atoms with van der Waals surface area (Å²) < 4.78 is 0. The summed E-state index contributed by atoms with van der Waals surface area (Å²) in [6, 6.07) is 2.14. The Morgan fingerprint density at radius 2 is 2.00 bits per heavy atom. The molecule has 1 aromatic rings. The van der Waals surface area contributed by atoms with Crippen LogP contribution >= 0.6 is 0 Å². The van der Waals surface area contributed by atoms with Crippen LogP contribution in [0.3, 0.4) is 0 Å². The monoisotopic (exact) mass is 147 g/mol. The lowest BCUT2D eigenvalue weighted by atomic mass is 10.2. The van der Waals surface area contributed by atoms with Crippen LogP contribution in [0.1, 0.15) is 19.4 Å². The van der Waals surface area contributed by atoms with Crippen LogP contribution in [0.4, 0.5) is 0 Å². The van der Waals surface area contributed by atoms with E-state index in [1.54, 1.807) is 0 Å². The number of nitrogens with zero attached hydrogens (tertiary/aromatic N) is 1. The third kappa shape index (κ3) is 1.67. The van der Waals surface area contributed by atoms with Crippen LogP contribution in [0.15, 0.2) is 12.3 Å². The first-order chi connectivity index (χ1) is 5.27. The minimum absolute atomic E-state index is 1.07. The summed E-state index contributed by atoms with van der Waals surface area (Å²) >= 11 is 0. The third-order valence-corrected chi connectivity index (χ3v) is 1.67. The SMILES string of the molecule is C/C=c1/cc(C)cn/c1=C/C. The molecule has 1 rings (SSSR count). The molecule has 0 aliphatic carbocycles. The van der Waals surface area contributed by atoms with Gasteiger partial charge < -0.3 is 0 Å². The van der Waals surface area contributed by atoms with Gasteiger partial charge in [0.25, 0.3) is 0 Å². The third-order valence-electron chi connectivity index (χ3n) is 1.67. The molecule has 0 N–H and O–H groups in total. The molecule has 0 atom stereocenters. The molecule has 0 saturated carbocycles. The summed E-state index contributed by atoms with van der Waals surface area (Å²) in [7, 11) is 0. The maximum absolute atomic E-state index is 4.28. The van der Waals surface area contributed by atoms with Gasteiger partial charge in [-0.05, 0) is 37.6 Å². The molecule has 0 aromatic carbocycles. The average molecular weight is 147 g/mol. The first-order valence-corrected chi connectivity index (χ1v) is 3.83. The molecule has 11 heavy (non-hydrogen) atoms. The van der Waals surface area contributed by atoms with Crippen molar-refractivity contribution in [3.8, 4) is 0 Å². The minimum atomic E-state index is 1.07. The van der Waals surface area contributed by atoms with Gasteiger partial charge in [0.2, 0.25) is 0 Å². The van der Waals surface area contributed by atoms with Crippen molar-refractivity contribution in [3.63, 3.8) is 0 Å². The normalized spacial score (nSPS) is 14.1. The Kier molecular flexibility index (Phi) is 2.42. The molecule has 1 heteroatoms. The molecule has 0 bridgehead atoms. The van der Waals surface area contributed by atoms with Crippen molar-refractivity contribution in [2.24, 2.45) is 0 Å². The van der Waals surface area contributed by atoms with E-state index in [9.17, 15) is 0 Å². The highest BCUT2D eigenvalue weighted by molar-refractivity contribution is 5.27. The number of aromatic nitrogens is 1. The molecule has 0 saturated heterocycles. The summed E-state index contributed by atoms with van der Waals surface area (Å²) in [5, 5.41) is 2.28. The van der Waals surface area contributed by atoms with Crippen LogP contribution in [-0.4, -0.2) is 4.98 Å². The summed E-state index contributed by atoms with van der Waals surface area (Å²) in [6.07, 6.45) is 5.99. The standard InChI is InChI=1S/C10H13N/c1-4-9-6-8(3)7-11-10(9)5-2/h4-7H,1-3H3/b9-4-,10-5+. The molecule has 0 radical (unpaired) electrons. The van der Waals surface area contributed by atoms with Gasteiger partial charge in [0.1, 0.15) is 0 Å². The van der Waals surface area contributed by atoms with E-state index in [0.29, 0.717) is 0 Å². The molecule has 1 aromatic heterocycles. The van der Waals surface area contributed by atoms with Gasteiger partial charge in [0.15, 0.2) is 0 Å². The zero-order chi connectivity index (χ0) is 8.27. The van der Waals surface area contributed by atoms with Crippen LogP contribution in [0.2, 0.25) is 0 Å². The molecular formula is C10H13N. The highest BCUT2D eigenvalue weighted by atomic mass is 14.6. The van der Waals surface area contributed by atoms with Gasteiger partial charge in [-0.1, -0.05) is 12.2 Å². The highest BCUT2D eigenvalue weighted by Gasteiger charge is 1.85. The molecule has 0 aliphatic heterocycles. The molecule has 0 amide bonds. The molecule has 1 heterocycles. The molecule has 0 fully saturated rings. The smallest absolute Gasteiger partial charge is 0.0656 e. The summed E-state index contributed by atoms with van der Waals surface area (Å²) in [5.74, 6) is 0. The van der Waals surface area contributed by atoms with Crippen molar-refractivity contribution in [3.05, 3.63) is 28.4 Å². The molecule has 58 valence electrons. The molecular weight excluding hydrogens is 134 g/mol. The van der Waals surface area contributed by atoms with Gasteiger partial charge in [-0.25, -0.2) is 0 Å². The predicted molar refractivity (Wildman–Crippen MR) is 48.5 cm³/mol. The summed E-state index contributed by atoms with van der Waals surface area (Å²) in [4.78, 5) is 4.28. The number of aryl methyl sites for hydroxylation is 1. The predicted octanol–water partition coefficient (Wildman–Crippen LogP) is 0.991. The van der Waals surface area contributed by atoms with Crippen LogP contribution < -0.4 is 10.6 Å². The second kappa shape index (κ2) is 3.33. The topological polar surface area (TPSA) is 12.9 Å². The number of pyridine rings is 1. The fourth-order valence-electron chi connectivity index (χ4n) is 1.07. The molecule has 0 spiro atoms. The average Bonchev–Trinajstić information content (AvgIpc) is 2.04. The second-order valence-corrected chi connectivity index (χ2v) is 2.56. The van der Waals surface area contributed by atoms with Gasteiger partial charge in [0, 0.05) is 6.20 Å². The lowest BCUT2D eigenvalue weighted by Crippen LogP contribution is -2.27. The van der Waals surface area contributed by atoms with E-state index in [-0.39, 0.29) is 0 Å². The maximum Gasteiger partial charge on any atom is 0.0656 e. The van der Waals surface area contributed by atoms with Crippen molar-refractivity contribution in [2.45, 2.75) is 20.8 Å². The Morgan fingerprint density at radius 1 is 1.27 bits per heavy atom. The Hall–Kier alpha value is -1.11. The van der Waals surface area contributed by atoms with Gasteiger partial charge >= 0.3 is 0 Å². The van der Waals surface area contributed by atoms with Gasteiger partial charge in [0.05, 0.1) is 5.35 Å². The Labute approximate surface area is 67.1 Å². The highest BCUT2D eigenvalue weighted by Crippen LogP contribution is 1.82. The van der Waals surface area contributed by atoms with Crippen molar-refractivity contribution in [2.75, 3.05) is 0 Å². The molecule has 1 nitrogen and oxygen atoms in total. The van der Waals surface area contributed by atoms with Crippen molar-refractivity contribution < 1.29 is 0 Å². The van der Waals surface area contributed by atoms with Crippen LogP contribution in [0, 0.1) is 6.92 Å². The zero-order valence-corrected chi connectivity index (χ0v) is 7.26. The number of hydrogen-bond acceptors (Lipinski definition) is 1. The van der Waals surface area contributed by atoms with E-state index < -0.39 is 0 Å². The molecule has 0 aliphatic rings. The fourth-order valence-corrected chi connectivity index (χ4v) is 1.07. The van der Waals surface area contributed by atoms with Crippen LogP contribution in [0.25, 0.3) is 12.2 Å². The maximum atomic E-state index is 4.28. The Morgan fingerprint density at radius 3 is 2.55 bits per heavy atom.